The van der Waals surface area contributed by atoms with Crippen LogP contribution in [-0.2, 0) is 4.79 Å². The average Bonchev–Trinajstić information content (AvgIpc) is 2.50. The van der Waals surface area contributed by atoms with E-state index in [1.54, 1.807) is 18.2 Å². The number of halogens is 1. The fourth-order valence-corrected chi connectivity index (χ4v) is 2.14. The highest BCUT2D eigenvalue weighted by atomic mass is 35.5. The van der Waals surface area contributed by atoms with Gasteiger partial charge in [0.1, 0.15) is 11.5 Å². The van der Waals surface area contributed by atoms with E-state index in [4.69, 9.17) is 16.3 Å². The van der Waals surface area contributed by atoms with E-state index >= 15 is 0 Å². The summed E-state index contributed by atoms with van der Waals surface area (Å²) in [6.45, 7) is 1.39. The summed E-state index contributed by atoms with van der Waals surface area (Å²) in [5.74, 6) is 0.129. The molecule has 0 aliphatic heterocycles. The van der Waals surface area contributed by atoms with Crippen LogP contribution in [0, 0.1) is 0 Å². The van der Waals surface area contributed by atoms with Crippen LogP contribution in [0.5, 0.6) is 11.5 Å². The number of hydrogen-bond donors (Lipinski definition) is 4. The first-order chi connectivity index (χ1) is 11.4. The molecule has 0 aliphatic rings. The quantitative estimate of drug-likeness (QED) is 0.633. The molecule has 2 aromatic carbocycles. The molecule has 0 bridgehead atoms. The molecule has 8 heteroatoms. The Hall–Kier alpha value is -2.93. The fraction of sp³-hybridized carbons (Fsp3) is 0.125. The summed E-state index contributed by atoms with van der Waals surface area (Å²) in [7, 11) is 1.47. The van der Waals surface area contributed by atoms with Crippen molar-refractivity contribution >= 4 is 40.6 Å². The minimum Gasteiger partial charge on any atom is -0.506 e. The van der Waals surface area contributed by atoms with Crippen molar-refractivity contribution in [2.75, 3.05) is 23.1 Å². The molecule has 2 aromatic rings. The smallest absolute Gasteiger partial charge is 0.323 e. The summed E-state index contributed by atoms with van der Waals surface area (Å²) < 4.78 is 5.18. The van der Waals surface area contributed by atoms with Crippen molar-refractivity contribution < 1.29 is 19.4 Å². The lowest BCUT2D eigenvalue weighted by molar-refractivity contribution is -0.114. The van der Waals surface area contributed by atoms with Crippen LogP contribution in [0.1, 0.15) is 6.92 Å². The lowest BCUT2D eigenvalue weighted by atomic mass is 10.2. The molecule has 4 N–H and O–H groups in total. The second kappa shape index (κ2) is 7.56. The molecular weight excluding hydrogens is 334 g/mol. The molecular formula is C16H16ClN3O4. The van der Waals surface area contributed by atoms with Crippen LogP contribution in [0.3, 0.4) is 0 Å². The number of carbonyl (C=O) groups excluding carboxylic acids is 2. The second-order valence-corrected chi connectivity index (χ2v) is 5.25. The molecule has 0 saturated heterocycles. The van der Waals surface area contributed by atoms with Crippen molar-refractivity contribution in [2.45, 2.75) is 6.92 Å². The number of aromatic hydroxyl groups is 1. The number of phenolic OH excluding ortho intramolecular Hbond substituents is 1. The highest BCUT2D eigenvalue weighted by Crippen LogP contribution is 2.29. The van der Waals surface area contributed by atoms with E-state index in [9.17, 15) is 14.7 Å². The van der Waals surface area contributed by atoms with Gasteiger partial charge in [-0.15, -0.1) is 0 Å². The molecule has 2 rings (SSSR count). The Kier molecular flexibility index (Phi) is 5.49. The molecule has 0 unspecified atom stereocenters. The van der Waals surface area contributed by atoms with Crippen molar-refractivity contribution in [3.63, 3.8) is 0 Å². The van der Waals surface area contributed by atoms with Gasteiger partial charge in [0.05, 0.1) is 17.8 Å². The molecule has 0 radical (unpaired) electrons. The minimum absolute atomic E-state index is 0.0766. The molecule has 0 fully saturated rings. The van der Waals surface area contributed by atoms with Gasteiger partial charge in [-0.25, -0.2) is 4.79 Å². The molecule has 0 spiro atoms. The topological polar surface area (TPSA) is 99.7 Å². The first-order valence-electron chi connectivity index (χ1n) is 6.91. The van der Waals surface area contributed by atoms with E-state index in [1.165, 1.54) is 32.2 Å². The van der Waals surface area contributed by atoms with Crippen molar-refractivity contribution in [2.24, 2.45) is 0 Å². The monoisotopic (exact) mass is 349 g/mol. The second-order valence-electron chi connectivity index (χ2n) is 4.84. The van der Waals surface area contributed by atoms with E-state index < -0.39 is 6.03 Å². The number of benzene rings is 2. The van der Waals surface area contributed by atoms with Crippen LogP contribution in [0.2, 0.25) is 5.02 Å². The van der Waals surface area contributed by atoms with Gasteiger partial charge < -0.3 is 25.8 Å². The van der Waals surface area contributed by atoms with Gasteiger partial charge in [-0.05, 0) is 36.4 Å². The van der Waals surface area contributed by atoms with Crippen LogP contribution in [-0.4, -0.2) is 24.2 Å². The molecule has 0 heterocycles. The maximum Gasteiger partial charge on any atom is 0.323 e. The Balaban J connectivity index is 2.14. The van der Waals surface area contributed by atoms with Crippen LogP contribution in [0.4, 0.5) is 21.9 Å². The van der Waals surface area contributed by atoms with Gasteiger partial charge in [-0.2, -0.15) is 0 Å². The number of amides is 3. The zero-order valence-electron chi connectivity index (χ0n) is 13.0. The average molecular weight is 350 g/mol. The first-order valence-corrected chi connectivity index (χ1v) is 7.29. The largest absolute Gasteiger partial charge is 0.506 e. The molecule has 7 nitrogen and oxygen atoms in total. The number of rotatable bonds is 4. The van der Waals surface area contributed by atoms with Gasteiger partial charge in [0.2, 0.25) is 5.91 Å². The standard InChI is InChI=1S/C16H16ClN3O4/c1-9(21)18-11-4-6-15(24-2)13(8-11)20-16(23)19-10-3-5-14(22)12(17)7-10/h3-8,22H,1-2H3,(H,18,21)(H2,19,20,23). The zero-order valence-corrected chi connectivity index (χ0v) is 13.8. The number of ether oxygens (including phenoxy) is 1. The van der Waals surface area contributed by atoms with Crippen LogP contribution in [0.15, 0.2) is 36.4 Å². The van der Waals surface area contributed by atoms with Crippen molar-refractivity contribution in [3.8, 4) is 11.5 Å². The highest BCUT2D eigenvalue weighted by Gasteiger charge is 2.10. The molecule has 3 amide bonds. The molecule has 0 aromatic heterocycles. The van der Waals surface area contributed by atoms with Crippen molar-refractivity contribution in [3.05, 3.63) is 41.4 Å². The third-order valence-corrected chi connectivity index (χ3v) is 3.28. The maximum absolute atomic E-state index is 12.1. The molecule has 24 heavy (non-hydrogen) atoms. The number of nitrogens with one attached hydrogen (secondary N) is 3. The van der Waals surface area contributed by atoms with Crippen molar-refractivity contribution in [1.29, 1.82) is 0 Å². The van der Waals surface area contributed by atoms with E-state index in [2.05, 4.69) is 16.0 Å². The van der Waals surface area contributed by atoms with Gasteiger partial charge in [-0.3, -0.25) is 4.79 Å². The Labute approximate surface area is 143 Å². The van der Waals surface area contributed by atoms with E-state index in [0.717, 1.165) is 0 Å². The Morgan fingerprint density at radius 3 is 2.33 bits per heavy atom. The van der Waals surface area contributed by atoms with E-state index in [-0.39, 0.29) is 16.7 Å². The number of hydrogen-bond acceptors (Lipinski definition) is 4. The SMILES string of the molecule is COc1ccc(NC(C)=O)cc1NC(=O)Nc1ccc(O)c(Cl)c1. The number of phenols is 1. The van der Waals surface area contributed by atoms with Gasteiger partial charge in [-0.1, -0.05) is 11.6 Å². The number of anilines is 3. The highest BCUT2D eigenvalue weighted by molar-refractivity contribution is 6.32. The van der Waals surface area contributed by atoms with Gasteiger partial charge in [0.15, 0.2) is 0 Å². The summed E-state index contributed by atoms with van der Waals surface area (Å²) in [6.07, 6.45) is 0. The van der Waals surface area contributed by atoms with Crippen LogP contribution < -0.4 is 20.7 Å². The predicted octanol–water partition coefficient (Wildman–Crippen LogP) is 3.66. The predicted molar refractivity (Wildman–Crippen MR) is 93.1 cm³/mol. The summed E-state index contributed by atoms with van der Waals surface area (Å²) in [6, 6.07) is 8.61. The Bertz CT molecular complexity index is 780. The van der Waals surface area contributed by atoms with Gasteiger partial charge in [0, 0.05) is 18.3 Å². The molecule has 0 aliphatic carbocycles. The summed E-state index contributed by atoms with van der Waals surface area (Å²) >= 11 is 5.79. The summed E-state index contributed by atoms with van der Waals surface area (Å²) in [5, 5.41) is 17.3. The van der Waals surface area contributed by atoms with Gasteiger partial charge >= 0.3 is 6.03 Å². The van der Waals surface area contributed by atoms with Crippen LogP contribution >= 0.6 is 11.6 Å². The fourth-order valence-electron chi connectivity index (χ4n) is 1.96. The maximum atomic E-state index is 12.1. The summed E-state index contributed by atoms with van der Waals surface area (Å²) in [5.41, 5.74) is 1.31. The molecule has 0 atom stereocenters. The zero-order chi connectivity index (χ0) is 17.7. The molecule has 126 valence electrons. The Morgan fingerprint density at radius 2 is 1.71 bits per heavy atom. The number of carbonyl (C=O) groups is 2. The Morgan fingerprint density at radius 1 is 1.04 bits per heavy atom. The minimum atomic E-state index is -0.532. The first kappa shape index (κ1) is 17.4. The lowest BCUT2D eigenvalue weighted by Crippen LogP contribution is -2.20. The van der Waals surface area contributed by atoms with Crippen molar-refractivity contribution in [1.82, 2.24) is 0 Å². The molecule has 0 saturated carbocycles. The van der Waals surface area contributed by atoms with Crippen LogP contribution in [0.25, 0.3) is 0 Å². The third-order valence-electron chi connectivity index (χ3n) is 2.97. The van der Waals surface area contributed by atoms with E-state index in [1.807, 2.05) is 0 Å². The van der Waals surface area contributed by atoms with Gasteiger partial charge in [0.25, 0.3) is 0 Å². The van der Waals surface area contributed by atoms with E-state index in [0.29, 0.717) is 22.8 Å². The number of urea groups is 1. The normalized spacial score (nSPS) is 9.96. The summed E-state index contributed by atoms with van der Waals surface area (Å²) in [4.78, 5) is 23.2. The lowest BCUT2D eigenvalue weighted by Gasteiger charge is -2.13. The third kappa shape index (κ3) is 4.53. The number of methoxy groups -OCH3 is 1.